The Morgan fingerprint density at radius 2 is 1.42 bits per heavy atom. The first-order chi connectivity index (χ1) is 8.91. The van der Waals surface area contributed by atoms with Gasteiger partial charge in [-0.15, -0.1) is 0 Å². The van der Waals surface area contributed by atoms with E-state index in [0.717, 1.165) is 25.7 Å². The summed E-state index contributed by atoms with van der Waals surface area (Å²) in [5.41, 5.74) is 0. The van der Waals surface area contributed by atoms with Crippen LogP contribution in [0.4, 0.5) is 0 Å². The van der Waals surface area contributed by atoms with E-state index in [1.807, 2.05) is 0 Å². The number of hydrogen-bond acceptors (Lipinski definition) is 4. The van der Waals surface area contributed by atoms with Gasteiger partial charge in [0, 0.05) is 0 Å². The standard InChI is InChI=1S/C11H24NO5S2/c1-2-3-4-5-6-7-8-9-10-11-19(16,17)12(13)18(14)15/h2-11H2,1H3,(H,14,15)/q-1. The fourth-order valence-electron chi connectivity index (χ4n) is 1.77. The van der Waals surface area contributed by atoms with Gasteiger partial charge in [-0.3, -0.25) is 4.55 Å². The van der Waals surface area contributed by atoms with Crippen LogP contribution in [0.5, 0.6) is 0 Å². The highest BCUT2D eigenvalue weighted by molar-refractivity contribution is 7.99. The van der Waals surface area contributed by atoms with Crippen LogP contribution >= 0.6 is 0 Å². The van der Waals surface area contributed by atoms with Gasteiger partial charge in [-0.05, 0) is 6.42 Å². The Hall–Kier alpha value is -0.0200. The van der Waals surface area contributed by atoms with Crippen molar-refractivity contribution in [2.45, 2.75) is 64.7 Å². The van der Waals surface area contributed by atoms with Gasteiger partial charge in [-0.25, -0.2) is 12.6 Å². The molecule has 116 valence electrons. The van der Waals surface area contributed by atoms with Crippen molar-refractivity contribution in [1.82, 2.24) is 3.87 Å². The first-order valence-electron chi connectivity index (χ1n) is 6.73. The lowest BCUT2D eigenvalue weighted by Crippen LogP contribution is -2.29. The molecule has 0 aliphatic heterocycles. The van der Waals surface area contributed by atoms with Crippen LogP contribution in [-0.2, 0) is 21.3 Å². The normalized spacial score (nSPS) is 13.9. The lowest BCUT2D eigenvalue weighted by Gasteiger charge is -2.21. The van der Waals surface area contributed by atoms with Gasteiger partial charge in [0.1, 0.15) is 0 Å². The third-order valence-corrected chi connectivity index (χ3v) is 5.44. The minimum Gasteiger partial charge on any atom is -0.759 e. The first-order valence-corrected chi connectivity index (χ1v) is 9.40. The maximum Gasteiger partial charge on any atom is 0.236 e. The van der Waals surface area contributed by atoms with Crippen molar-refractivity contribution in [3.63, 3.8) is 0 Å². The van der Waals surface area contributed by atoms with Crippen LogP contribution in [0.1, 0.15) is 64.7 Å². The highest BCUT2D eigenvalue weighted by atomic mass is 32.3. The molecule has 0 aromatic rings. The smallest absolute Gasteiger partial charge is 0.236 e. The molecule has 0 rings (SSSR count). The number of unbranched alkanes of at least 4 members (excludes halogenated alkanes) is 8. The fourth-order valence-corrected chi connectivity index (χ4v) is 3.49. The van der Waals surface area contributed by atoms with E-state index in [0.29, 0.717) is 6.42 Å². The molecule has 0 saturated carbocycles. The molecule has 19 heavy (non-hydrogen) atoms. The molecule has 1 unspecified atom stereocenters. The monoisotopic (exact) mass is 314 g/mol. The average Bonchev–Trinajstić information content (AvgIpc) is 2.35. The van der Waals surface area contributed by atoms with Gasteiger partial charge in [-0.2, -0.15) is 3.87 Å². The van der Waals surface area contributed by atoms with Crippen LogP contribution in [-0.4, -0.2) is 26.8 Å². The second kappa shape index (κ2) is 10.7. The highest BCUT2D eigenvalue weighted by Crippen LogP contribution is 2.11. The van der Waals surface area contributed by atoms with Crippen LogP contribution in [0.2, 0.25) is 0 Å². The summed E-state index contributed by atoms with van der Waals surface area (Å²) in [6.07, 6.45) is 9.17. The van der Waals surface area contributed by atoms with Crippen molar-refractivity contribution in [3.05, 3.63) is 5.21 Å². The molecule has 0 spiro atoms. The minimum atomic E-state index is -4.14. The largest absolute Gasteiger partial charge is 0.759 e. The Kier molecular flexibility index (Phi) is 10.7. The second-order valence-electron chi connectivity index (χ2n) is 4.57. The van der Waals surface area contributed by atoms with E-state index < -0.39 is 25.2 Å². The summed E-state index contributed by atoms with van der Waals surface area (Å²) in [5, 5.41) is 10.8. The number of nitrogens with zero attached hydrogens (tertiary/aromatic N) is 1. The molecule has 0 radical (unpaired) electrons. The molecule has 1 atom stereocenters. The van der Waals surface area contributed by atoms with Crippen molar-refractivity contribution in [2.24, 2.45) is 0 Å². The molecule has 8 heteroatoms. The lowest BCUT2D eigenvalue weighted by molar-refractivity contribution is 0.513. The zero-order valence-corrected chi connectivity index (χ0v) is 13.0. The van der Waals surface area contributed by atoms with Crippen molar-refractivity contribution in [2.75, 3.05) is 5.75 Å². The van der Waals surface area contributed by atoms with Crippen molar-refractivity contribution < 1.29 is 17.2 Å². The van der Waals surface area contributed by atoms with E-state index in [9.17, 15) is 17.8 Å². The quantitative estimate of drug-likeness (QED) is 0.339. The van der Waals surface area contributed by atoms with Gasteiger partial charge in [0.25, 0.3) is 0 Å². The summed E-state index contributed by atoms with van der Waals surface area (Å²) in [6, 6.07) is 0. The van der Waals surface area contributed by atoms with Crippen LogP contribution in [0, 0.1) is 5.21 Å². The second-order valence-corrected chi connectivity index (χ2v) is 7.50. The van der Waals surface area contributed by atoms with E-state index in [1.54, 1.807) is 0 Å². The predicted octanol–water partition coefficient (Wildman–Crippen LogP) is 2.78. The predicted molar refractivity (Wildman–Crippen MR) is 77.0 cm³/mol. The van der Waals surface area contributed by atoms with Crippen LogP contribution in [0.3, 0.4) is 0 Å². The van der Waals surface area contributed by atoms with E-state index in [2.05, 4.69) is 6.92 Å². The summed E-state index contributed by atoms with van der Waals surface area (Å²) in [4.78, 5) is 0. The van der Waals surface area contributed by atoms with E-state index in [4.69, 9.17) is 4.55 Å². The molecule has 0 fully saturated rings. The Balaban J connectivity index is 3.56. The van der Waals surface area contributed by atoms with Crippen LogP contribution in [0.15, 0.2) is 0 Å². The van der Waals surface area contributed by atoms with Gasteiger partial charge < -0.3 is 5.21 Å². The molecule has 1 N–H and O–H groups in total. The average molecular weight is 314 g/mol. The highest BCUT2D eigenvalue weighted by Gasteiger charge is 2.16. The number of rotatable bonds is 12. The molecule has 0 aromatic heterocycles. The van der Waals surface area contributed by atoms with Crippen LogP contribution < -0.4 is 0 Å². The Labute approximate surface area is 118 Å². The van der Waals surface area contributed by atoms with Gasteiger partial charge in [0.05, 0.1) is 5.75 Å². The SMILES string of the molecule is CCCCCCCCCCCS(=O)(=O)N([O-])S(=O)O. The van der Waals surface area contributed by atoms with Crippen molar-refractivity contribution in [1.29, 1.82) is 0 Å². The summed E-state index contributed by atoms with van der Waals surface area (Å²) in [5.74, 6) is -0.362. The third kappa shape index (κ3) is 9.50. The molecular formula is C11H24NO5S2-. The molecule has 0 aliphatic carbocycles. The van der Waals surface area contributed by atoms with Gasteiger partial charge in [-0.1, -0.05) is 58.3 Å². The van der Waals surface area contributed by atoms with E-state index in [-0.39, 0.29) is 5.75 Å². The zero-order chi connectivity index (χ0) is 14.7. The van der Waals surface area contributed by atoms with Crippen molar-refractivity contribution in [3.8, 4) is 0 Å². The maximum absolute atomic E-state index is 11.2. The van der Waals surface area contributed by atoms with Gasteiger partial charge >= 0.3 is 0 Å². The molecule has 0 aliphatic rings. The molecule has 0 aromatic carbocycles. The zero-order valence-electron chi connectivity index (χ0n) is 11.4. The summed E-state index contributed by atoms with van der Waals surface area (Å²) < 4.78 is 40.5. The number of hydrogen-bond donors (Lipinski definition) is 1. The third-order valence-electron chi connectivity index (χ3n) is 2.86. The van der Waals surface area contributed by atoms with Crippen LogP contribution in [0.25, 0.3) is 0 Å². The topological polar surface area (TPSA) is 97.7 Å². The molecule has 0 bridgehead atoms. The maximum atomic E-state index is 11.2. The lowest BCUT2D eigenvalue weighted by atomic mass is 10.1. The summed E-state index contributed by atoms with van der Waals surface area (Å²) in [6.45, 7) is 2.17. The van der Waals surface area contributed by atoms with Gasteiger partial charge in [0.2, 0.25) is 21.3 Å². The molecule has 0 heterocycles. The Morgan fingerprint density at radius 3 is 1.84 bits per heavy atom. The molecule has 0 saturated heterocycles. The number of sulfonamides is 1. The Morgan fingerprint density at radius 1 is 1.00 bits per heavy atom. The summed E-state index contributed by atoms with van der Waals surface area (Å²) in [7, 11) is -4.14. The minimum absolute atomic E-state index is 0.354. The van der Waals surface area contributed by atoms with Crippen molar-refractivity contribution >= 4 is 21.3 Å². The molecule has 6 nitrogen and oxygen atoms in total. The Bertz CT molecular complexity index is 345. The van der Waals surface area contributed by atoms with E-state index in [1.165, 1.54) is 25.7 Å². The first kappa shape index (κ1) is 19.0. The van der Waals surface area contributed by atoms with Gasteiger partial charge in [0.15, 0.2) is 0 Å². The fraction of sp³-hybridized carbons (Fsp3) is 1.00. The molecular weight excluding hydrogens is 290 g/mol. The van der Waals surface area contributed by atoms with E-state index >= 15 is 0 Å². The molecule has 0 amide bonds. The summed E-state index contributed by atoms with van der Waals surface area (Å²) >= 11 is -3.00.